The van der Waals surface area contributed by atoms with E-state index < -0.39 is 23.5 Å². The van der Waals surface area contributed by atoms with Gasteiger partial charge in [-0.05, 0) is 43.7 Å². The Balaban J connectivity index is 1.41. The summed E-state index contributed by atoms with van der Waals surface area (Å²) in [6.07, 6.45) is 6.11. The molecule has 2 heterocycles. The Morgan fingerprint density at radius 3 is 2.62 bits per heavy atom. The highest BCUT2D eigenvalue weighted by Gasteiger charge is 2.24. The van der Waals surface area contributed by atoms with E-state index in [-0.39, 0.29) is 24.6 Å². The second kappa shape index (κ2) is 10.6. The minimum absolute atomic E-state index is 0.0905. The number of aromatic nitrogens is 2. The van der Waals surface area contributed by atoms with Gasteiger partial charge in [-0.2, -0.15) is 0 Å². The van der Waals surface area contributed by atoms with Gasteiger partial charge in [0, 0.05) is 6.54 Å². The maximum absolute atomic E-state index is 13.0. The molecule has 1 aromatic carbocycles. The molecule has 1 aliphatic carbocycles. The van der Waals surface area contributed by atoms with E-state index in [9.17, 15) is 19.2 Å². The number of nitrogens with one attached hydrogen (secondary N) is 2. The van der Waals surface area contributed by atoms with Crippen LogP contribution in [0.2, 0.25) is 0 Å². The van der Waals surface area contributed by atoms with Gasteiger partial charge in [-0.1, -0.05) is 36.8 Å². The molecule has 0 bridgehead atoms. The van der Waals surface area contributed by atoms with E-state index in [1.807, 2.05) is 30.3 Å². The predicted octanol–water partition coefficient (Wildman–Crippen LogP) is 3.28. The number of amides is 3. The zero-order valence-electron chi connectivity index (χ0n) is 18.8. The van der Waals surface area contributed by atoms with Gasteiger partial charge in [0.2, 0.25) is 5.91 Å². The average molecular weight is 483 g/mol. The van der Waals surface area contributed by atoms with Crippen LogP contribution in [0.3, 0.4) is 0 Å². The summed E-state index contributed by atoms with van der Waals surface area (Å²) in [5.41, 5.74) is 0.936. The number of carbonyl (C=O) groups excluding carboxylic acids is 3. The lowest BCUT2D eigenvalue weighted by atomic mass is 9.98. The number of ether oxygens (including phenoxy) is 1. The molecule has 4 rings (SSSR count). The molecule has 0 radical (unpaired) electrons. The van der Waals surface area contributed by atoms with Crippen molar-refractivity contribution in [1.29, 1.82) is 0 Å². The number of esters is 1. The third-order valence-electron chi connectivity index (χ3n) is 5.79. The molecule has 178 valence electrons. The lowest BCUT2D eigenvalue weighted by Gasteiger charge is -2.21. The van der Waals surface area contributed by atoms with E-state index in [0.717, 1.165) is 53.6 Å². The molecule has 3 amide bonds. The summed E-state index contributed by atoms with van der Waals surface area (Å²) < 4.78 is 6.77. The quantitative estimate of drug-likeness (QED) is 0.521. The van der Waals surface area contributed by atoms with Gasteiger partial charge in [-0.15, -0.1) is 11.3 Å². The second-order valence-electron chi connectivity index (χ2n) is 8.30. The van der Waals surface area contributed by atoms with Crippen LogP contribution in [0.15, 0.2) is 41.5 Å². The predicted molar refractivity (Wildman–Crippen MR) is 128 cm³/mol. The van der Waals surface area contributed by atoms with Crippen LogP contribution in [0.4, 0.5) is 4.79 Å². The number of hydrogen-bond donors (Lipinski definition) is 2. The standard InChI is InChI=1S/C24H26N4O5S/c1-15-19-21(34-20(15)23(31)33-17-10-6-3-7-11-17)26-14-28(22(19)30)13-18(29)27-24(32)25-12-16-8-4-2-5-9-16/h2,4-5,8-9,14,17H,3,6-7,10-13H2,1H3,(H2,25,27,29,32). The van der Waals surface area contributed by atoms with Crippen LogP contribution in [-0.2, 0) is 22.6 Å². The van der Waals surface area contributed by atoms with Crippen LogP contribution in [0.5, 0.6) is 0 Å². The first-order valence-corrected chi connectivity index (χ1v) is 12.0. The highest BCUT2D eigenvalue weighted by molar-refractivity contribution is 7.20. The van der Waals surface area contributed by atoms with Gasteiger partial charge < -0.3 is 10.1 Å². The molecule has 0 atom stereocenters. The van der Waals surface area contributed by atoms with Crippen molar-refractivity contribution in [3.63, 3.8) is 0 Å². The van der Waals surface area contributed by atoms with Crippen molar-refractivity contribution >= 4 is 39.5 Å². The Morgan fingerprint density at radius 1 is 1.15 bits per heavy atom. The Morgan fingerprint density at radius 2 is 1.88 bits per heavy atom. The number of carbonyl (C=O) groups is 3. The van der Waals surface area contributed by atoms with Crippen molar-refractivity contribution in [1.82, 2.24) is 20.2 Å². The largest absolute Gasteiger partial charge is 0.458 e. The molecule has 0 aliphatic heterocycles. The Labute approximate surface area is 200 Å². The van der Waals surface area contributed by atoms with Crippen molar-refractivity contribution in [2.75, 3.05) is 0 Å². The maximum Gasteiger partial charge on any atom is 0.348 e. The van der Waals surface area contributed by atoms with E-state index in [1.54, 1.807) is 6.92 Å². The molecule has 0 saturated heterocycles. The van der Waals surface area contributed by atoms with Gasteiger partial charge >= 0.3 is 12.0 Å². The van der Waals surface area contributed by atoms with Crippen LogP contribution in [0, 0.1) is 6.92 Å². The van der Waals surface area contributed by atoms with Crippen molar-refractivity contribution in [2.45, 2.75) is 58.2 Å². The summed E-state index contributed by atoms with van der Waals surface area (Å²) in [4.78, 5) is 55.1. The number of fused-ring (bicyclic) bond motifs is 1. The molecular weight excluding hydrogens is 456 g/mol. The van der Waals surface area contributed by atoms with E-state index in [4.69, 9.17) is 4.74 Å². The van der Waals surface area contributed by atoms with Crippen molar-refractivity contribution in [2.24, 2.45) is 0 Å². The fourth-order valence-corrected chi connectivity index (χ4v) is 5.02. The van der Waals surface area contributed by atoms with E-state index in [1.165, 1.54) is 6.33 Å². The summed E-state index contributed by atoms with van der Waals surface area (Å²) in [7, 11) is 0. The summed E-state index contributed by atoms with van der Waals surface area (Å²) in [6.45, 7) is 1.57. The summed E-state index contributed by atoms with van der Waals surface area (Å²) in [6, 6.07) is 8.62. The number of imide groups is 1. The normalized spacial score (nSPS) is 14.0. The first-order chi connectivity index (χ1) is 16.4. The van der Waals surface area contributed by atoms with Gasteiger partial charge in [0.15, 0.2) is 0 Å². The minimum Gasteiger partial charge on any atom is -0.458 e. The van der Waals surface area contributed by atoms with Gasteiger partial charge in [0.05, 0.1) is 11.7 Å². The first kappa shape index (κ1) is 23.6. The fraction of sp³-hybridized carbons (Fsp3) is 0.375. The first-order valence-electron chi connectivity index (χ1n) is 11.2. The minimum atomic E-state index is -0.657. The summed E-state index contributed by atoms with van der Waals surface area (Å²) >= 11 is 1.11. The Kier molecular flexibility index (Phi) is 7.36. The zero-order valence-corrected chi connectivity index (χ0v) is 19.7. The SMILES string of the molecule is Cc1c(C(=O)OC2CCCCC2)sc2ncn(CC(=O)NC(=O)NCc3ccccc3)c(=O)c12. The molecule has 34 heavy (non-hydrogen) atoms. The third-order valence-corrected chi connectivity index (χ3v) is 6.97. The maximum atomic E-state index is 13.0. The number of urea groups is 1. The molecule has 0 spiro atoms. The van der Waals surface area contributed by atoms with Crippen LogP contribution >= 0.6 is 11.3 Å². The molecule has 1 aliphatic rings. The molecule has 1 fully saturated rings. The van der Waals surface area contributed by atoms with E-state index >= 15 is 0 Å². The molecule has 10 heteroatoms. The highest BCUT2D eigenvalue weighted by atomic mass is 32.1. The summed E-state index contributed by atoms with van der Waals surface area (Å²) in [5.74, 6) is -1.09. The van der Waals surface area contributed by atoms with Crippen LogP contribution in [0.25, 0.3) is 10.2 Å². The molecule has 0 unspecified atom stereocenters. The van der Waals surface area contributed by atoms with Gasteiger partial charge in [0.1, 0.15) is 22.4 Å². The number of hydrogen-bond acceptors (Lipinski definition) is 7. The molecule has 3 aromatic rings. The molecule has 2 N–H and O–H groups in total. The lowest BCUT2D eigenvalue weighted by molar-refractivity contribution is -0.120. The van der Waals surface area contributed by atoms with Crippen LogP contribution in [0.1, 0.15) is 52.9 Å². The molecule has 1 saturated carbocycles. The smallest absolute Gasteiger partial charge is 0.348 e. The zero-order chi connectivity index (χ0) is 24.1. The molecular formula is C24H26N4O5S. The van der Waals surface area contributed by atoms with E-state index in [2.05, 4.69) is 15.6 Å². The average Bonchev–Trinajstić information content (AvgIpc) is 3.18. The van der Waals surface area contributed by atoms with Gasteiger partial charge in [-0.25, -0.2) is 14.6 Å². The van der Waals surface area contributed by atoms with Gasteiger partial charge in [0.25, 0.3) is 5.56 Å². The van der Waals surface area contributed by atoms with Crippen molar-refractivity contribution in [3.05, 3.63) is 63.0 Å². The number of nitrogens with zero attached hydrogens (tertiary/aromatic N) is 2. The van der Waals surface area contributed by atoms with Crippen LogP contribution < -0.4 is 16.2 Å². The number of rotatable bonds is 6. The van der Waals surface area contributed by atoms with E-state index in [0.29, 0.717) is 15.3 Å². The Hall–Kier alpha value is -3.53. The topological polar surface area (TPSA) is 119 Å². The number of thiophene rings is 1. The lowest BCUT2D eigenvalue weighted by Crippen LogP contribution is -2.41. The van der Waals surface area contributed by atoms with Crippen molar-refractivity contribution in [3.8, 4) is 0 Å². The fourth-order valence-electron chi connectivity index (χ4n) is 4.00. The Bertz CT molecular complexity index is 1260. The number of benzene rings is 1. The third kappa shape index (κ3) is 5.51. The van der Waals surface area contributed by atoms with Crippen LogP contribution in [-0.4, -0.2) is 33.6 Å². The van der Waals surface area contributed by atoms with Crippen molar-refractivity contribution < 1.29 is 19.1 Å². The highest BCUT2D eigenvalue weighted by Crippen LogP contribution is 2.29. The van der Waals surface area contributed by atoms with Gasteiger partial charge in [-0.3, -0.25) is 19.5 Å². The molecule has 9 nitrogen and oxygen atoms in total. The second-order valence-corrected chi connectivity index (χ2v) is 9.29. The summed E-state index contributed by atoms with van der Waals surface area (Å²) in [5, 5.41) is 5.09. The molecule has 2 aromatic heterocycles. The monoisotopic (exact) mass is 482 g/mol. The number of aryl methyl sites for hydroxylation is 1.